The highest BCUT2D eigenvalue weighted by atomic mass is 35.5. The predicted octanol–water partition coefficient (Wildman–Crippen LogP) is 2.27. The van der Waals surface area contributed by atoms with Crippen molar-refractivity contribution in [3.63, 3.8) is 0 Å². The Labute approximate surface area is 596 Å². The lowest BCUT2D eigenvalue weighted by Crippen LogP contribution is -2.41. The number of hydrogen-bond donors (Lipinski definition) is 5. The Balaban J connectivity index is 0.000000170. The lowest BCUT2D eigenvalue weighted by atomic mass is 10.1. The van der Waals surface area contributed by atoms with Gasteiger partial charge in [0.15, 0.2) is 18.4 Å². The monoisotopic (exact) mass is 1440 g/mol. The Morgan fingerprint density at radius 3 is 1.68 bits per heavy atom. The highest BCUT2D eigenvalue weighted by Gasteiger charge is 2.33. The molecule has 34 heteroatoms. The molecule has 0 spiro atoms. The number of nitrogens with one attached hydrogen (secondary N) is 2. The molecule has 0 atom stereocenters. The van der Waals surface area contributed by atoms with E-state index in [0.29, 0.717) is 80.1 Å². The number of pyridine rings is 1. The molecule has 0 saturated carbocycles. The van der Waals surface area contributed by atoms with Gasteiger partial charge in [0.05, 0.1) is 135 Å². The number of carbonyl (C=O) groups excluding carboxylic acids is 6. The van der Waals surface area contributed by atoms with Crippen molar-refractivity contribution in [1.29, 1.82) is 0 Å². The van der Waals surface area contributed by atoms with Crippen molar-refractivity contribution in [1.82, 2.24) is 49.8 Å². The number of allylic oxidation sites excluding steroid dienone is 4. The first kappa shape index (κ1) is 80.6. The van der Waals surface area contributed by atoms with E-state index >= 15 is 0 Å². The number of rotatable bonds is 18. The number of fused-ring (bicyclic) bond motifs is 1. The molecule has 13 heterocycles. The molecule has 0 bridgehead atoms. The number of aromatic nitrogens is 5. The van der Waals surface area contributed by atoms with Gasteiger partial charge in [0.25, 0.3) is 5.91 Å². The highest BCUT2D eigenvalue weighted by Crippen LogP contribution is 2.34. The molecule has 5 saturated heterocycles. The summed E-state index contributed by atoms with van der Waals surface area (Å²) >= 11 is 6.06. The van der Waals surface area contributed by atoms with Crippen molar-refractivity contribution >= 4 is 88.5 Å². The number of halogens is 1. The average Bonchev–Trinajstić information content (AvgIpc) is 1.61. The molecule has 13 rings (SSSR count). The number of nitrogens with zero attached hydrogens (tertiary/aromatic N) is 13. The number of H-pyrrole nitrogens is 1. The fraction of sp³-hybridized carbons (Fsp3) is 0.544. The van der Waals surface area contributed by atoms with Gasteiger partial charge in [-0.25, -0.2) is 34.3 Å². The molecule has 6 N–H and O–H groups in total. The molecule has 10 aliphatic heterocycles. The summed E-state index contributed by atoms with van der Waals surface area (Å²) in [5, 5.41) is 20.8. The molecule has 554 valence electrons. The Hall–Kier alpha value is -8.74. The molecule has 0 aliphatic carbocycles. The van der Waals surface area contributed by atoms with Gasteiger partial charge in [-0.2, -0.15) is 4.98 Å². The SMILES string of the molecule is C1COCCN1.CCOC(=O)C1=NC(C(=O)N2CCOCC2)=CC1.CCOC(=O)C1=NC(C(=O)O)=CC1.COc1c(C)cnc(CN2C(=O)Cc3c(Cl)nc(N)nc32)c1C.O=CC1=NC(CN2CCOCC2)=CC1.O=Cc1ncc(CN2CCOCC2)[nH]1.OCC1=NC(CN2CCOCC2)=CC1. The number of esters is 2. The van der Waals surface area contributed by atoms with Crippen molar-refractivity contribution in [2.45, 2.75) is 72.9 Å². The maximum absolute atomic E-state index is 12.3. The van der Waals surface area contributed by atoms with E-state index in [2.05, 4.69) is 75.7 Å². The van der Waals surface area contributed by atoms with Gasteiger partial charge in [-0.15, -0.1) is 0 Å². The summed E-state index contributed by atoms with van der Waals surface area (Å²) in [6, 6.07) is 0. The molecule has 2 amide bonds. The van der Waals surface area contributed by atoms with E-state index in [-0.39, 0.29) is 66.9 Å². The molecule has 0 radical (unpaired) electrons. The third-order valence-corrected chi connectivity index (χ3v) is 16.6. The number of amides is 2. The number of aryl methyl sites for hydroxylation is 1. The van der Waals surface area contributed by atoms with Gasteiger partial charge in [-0.3, -0.25) is 53.7 Å². The second-order valence-electron chi connectivity index (χ2n) is 23.5. The summed E-state index contributed by atoms with van der Waals surface area (Å²) in [5.74, 6) is -0.712. The topological polar surface area (TPSA) is 405 Å². The van der Waals surface area contributed by atoms with Gasteiger partial charge in [-0.05, 0) is 39.8 Å². The number of aromatic amines is 1. The van der Waals surface area contributed by atoms with Gasteiger partial charge in [-0.1, -0.05) is 23.8 Å². The largest absolute Gasteiger partial charge is 0.496 e. The number of aldehydes is 2. The molecule has 5 fully saturated rings. The molecule has 3 aromatic heterocycles. The van der Waals surface area contributed by atoms with Crippen molar-refractivity contribution in [2.75, 3.05) is 182 Å². The molecule has 10 aliphatic rings. The smallest absolute Gasteiger partial charge is 0.354 e. The number of hydrogen-bond acceptors (Lipinski definition) is 29. The third-order valence-electron chi connectivity index (χ3n) is 16.3. The van der Waals surface area contributed by atoms with E-state index in [1.54, 1.807) is 44.3 Å². The number of morpholine rings is 5. The zero-order chi connectivity index (χ0) is 73.2. The minimum Gasteiger partial charge on any atom is -0.496 e. The van der Waals surface area contributed by atoms with Crippen LogP contribution in [0.15, 0.2) is 79.5 Å². The van der Waals surface area contributed by atoms with E-state index in [0.717, 1.165) is 189 Å². The lowest BCUT2D eigenvalue weighted by molar-refractivity contribution is -0.136. The lowest BCUT2D eigenvalue weighted by Gasteiger charge is -2.26. The highest BCUT2D eigenvalue weighted by molar-refractivity contribution is 6.39. The number of ether oxygens (including phenoxy) is 8. The maximum atomic E-state index is 12.3. The molecule has 0 unspecified atom stereocenters. The van der Waals surface area contributed by atoms with Crippen LogP contribution in [0.4, 0.5) is 11.8 Å². The number of methoxy groups -OCH3 is 1. The number of nitrogen functional groups attached to an aromatic ring is 1. The molecular weight excluding hydrogens is 1350 g/mol. The number of aliphatic hydroxyl groups excluding tert-OH is 1. The molecule has 3 aromatic rings. The van der Waals surface area contributed by atoms with E-state index in [9.17, 15) is 33.6 Å². The van der Waals surface area contributed by atoms with E-state index in [1.165, 1.54) is 11.0 Å². The number of anilines is 2. The molecule has 33 nitrogen and oxygen atoms in total. The second-order valence-corrected chi connectivity index (χ2v) is 23.9. The fourth-order valence-electron chi connectivity index (χ4n) is 10.9. The van der Waals surface area contributed by atoms with Crippen LogP contribution in [-0.4, -0.2) is 291 Å². The zero-order valence-corrected chi connectivity index (χ0v) is 59.3. The summed E-state index contributed by atoms with van der Waals surface area (Å²) in [7, 11) is 1.61. The van der Waals surface area contributed by atoms with Crippen LogP contribution in [0.5, 0.6) is 5.75 Å². The summed E-state index contributed by atoms with van der Waals surface area (Å²) in [4.78, 5) is 124. The zero-order valence-electron chi connectivity index (χ0n) is 58.5. The van der Waals surface area contributed by atoms with Crippen LogP contribution in [0.3, 0.4) is 0 Å². The van der Waals surface area contributed by atoms with Crippen LogP contribution in [0.25, 0.3) is 0 Å². The standard InChI is InChI=1S/C15H16ClN5O2.C12H16N2O4.C10H16N2O2.C10H14N2O2.C9H13N3O2.C8H9NO4.C4H9NO/c1-7-5-18-10(8(2)12(7)23-3)6-21-11(22)4-9-13(16)19-15(17)20-14(9)21;1-2-18-12(16)10-4-3-9(13-10)11(15)14-5-7-17-8-6-14;2*13-8-10-2-1-9(11-10)7-12-3-5-14-6-4-12;13-7-9-10-5-8(11-9)6-12-1-3-14-4-2-12;1-2-13-8(12)6-4-3-5(9-6)7(10)11;1-3-6-4-2-5-1/h5H,4,6H2,1-3H3,(H2,17,19,20);3H,2,4-8H2,1H3;1,13H,2-8H2;1,8H,2-7H2;5,7H,1-4,6H2,(H,10,11);3H,2,4H2,1H3,(H,10,11);5H,1-4H2. The Kier molecular flexibility index (Phi) is 34.2. The van der Waals surface area contributed by atoms with Crippen LogP contribution >= 0.6 is 11.6 Å². The van der Waals surface area contributed by atoms with Gasteiger partial charge >= 0.3 is 17.9 Å². The molecule has 0 aromatic carbocycles. The summed E-state index contributed by atoms with van der Waals surface area (Å²) < 4.78 is 40.9. The number of aliphatic imine (C=N–C) groups is 4. The molecule has 102 heavy (non-hydrogen) atoms. The summed E-state index contributed by atoms with van der Waals surface area (Å²) in [6.45, 7) is 27.4. The third kappa shape index (κ3) is 26.0. The van der Waals surface area contributed by atoms with Crippen molar-refractivity contribution in [2.24, 2.45) is 20.0 Å². The minimum absolute atomic E-state index is 0.0413. The summed E-state index contributed by atoms with van der Waals surface area (Å²) in [5.41, 5.74) is 14.1. The summed E-state index contributed by atoms with van der Waals surface area (Å²) in [6.07, 6.45) is 14.5. The number of imidazole rings is 1. The van der Waals surface area contributed by atoms with Crippen LogP contribution in [0, 0.1) is 13.8 Å². The van der Waals surface area contributed by atoms with Crippen LogP contribution in [-0.2, 0) is 81.4 Å². The Bertz CT molecular complexity index is 3590. The van der Waals surface area contributed by atoms with Gasteiger partial charge in [0, 0.05) is 145 Å². The van der Waals surface area contributed by atoms with Crippen LogP contribution in [0.2, 0.25) is 5.15 Å². The first-order valence-corrected chi connectivity index (χ1v) is 34.2. The number of carboxylic acid groups (broad SMARTS) is 1. The number of carboxylic acids is 1. The normalized spacial score (nSPS) is 18.6. The maximum Gasteiger partial charge on any atom is 0.354 e. The number of aliphatic hydroxyl groups is 1. The number of carbonyl (C=O) groups is 7. The van der Waals surface area contributed by atoms with E-state index in [1.807, 2.05) is 19.9 Å². The van der Waals surface area contributed by atoms with Crippen molar-refractivity contribution in [3.8, 4) is 5.75 Å². The fourth-order valence-corrected chi connectivity index (χ4v) is 11.1. The van der Waals surface area contributed by atoms with Gasteiger partial charge in [0.2, 0.25) is 11.9 Å². The number of nitrogens with two attached hydrogens (primary N) is 1. The Morgan fingerprint density at radius 2 is 1.20 bits per heavy atom. The first-order chi connectivity index (χ1) is 49.4. The predicted molar refractivity (Wildman–Crippen MR) is 377 cm³/mol. The van der Waals surface area contributed by atoms with Crippen LogP contribution < -0.4 is 20.7 Å². The quantitative estimate of drug-likeness (QED) is 0.0692. The van der Waals surface area contributed by atoms with Crippen molar-refractivity contribution < 1.29 is 81.7 Å². The minimum atomic E-state index is -1.13. The average molecular weight is 1440 g/mol. The van der Waals surface area contributed by atoms with E-state index in [4.69, 9.17) is 60.7 Å². The second kappa shape index (κ2) is 43.3. The van der Waals surface area contributed by atoms with Gasteiger partial charge in [0.1, 0.15) is 39.5 Å². The van der Waals surface area contributed by atoms with Crippen molar-refractivity contribution in [3.05, 3.63) is 98.5 Å². The van der Waals surface area contributed by atoms with Crippen LogP contribution in [0.1, 0.15) is 78.2 Å². The molecular formula is C68H93ClN16O17. The first-order valence-electron chi connectivity index (χ1n) is 33.8. The number of aliphatic carboxylic acids is 1. The van der Waals surface area contributed by atoms with E-state index < -0.39 is 17.9 Å². The van der Waals surface area contributed by atoms with Gasteiger partial charge < -0.3 is 69.0 Å². The Morgan fingerprint density at radius 1 is 0.657 bits per heavy atom.